The van der Waals surface area contributed by atoms with E-state index in [9.17, 15) is 18.0 Å². The fourth-order valence-corrected chi connectivity index (χ4v) is 5.17. The van der Waals surface area contributed by atoms with Gasteiger partial charge >= 0.3 is 6.18 Å². The highest BCUT2D eigenvalue weighted by atomic mass is 79.9. The van der Waals surface area contributed by atoms with Gasteiger partial charge < -0.3 is 11.1 Å². The third-order valence-electron chi connectivity index (χ3n) is 4.43. The molecule has 0 radical (unpaired) electrons. The summed E-state index contributed by atoms with van der Waals surface area (Å²) in [6, 6.07) is 6.24. The van der Waals surface area contributed by atoms with Gasteiger partial charge in [-0.15, -0.1) is 11.3 Å². The molecule has 5 nitrogen and oxygen atoms in total. The molecule has 0 fully saturated rings. The largest absolute Gasteiger partial charge is 0.416 e. The van der Waals surface area contributed by atoms with Gasteiger partial charge in [-0.3, -0.25) is 9.48 Å². The summed E-state index contributed by atoms with van der Waals surface area (Å²) < 4.78 is 42.0. The summed E-state index contributed by atoms with van der Waals surface area (Å²) in [7, 11) is 1.73. The lowest BCUT2D eigenvalue weighted by Crippen LogP contribution is -2.41. The molecule has 1 aromatic carbocycles. The first-order chi connectivity index (χ1) is 14.1. The van der Waals surface area contributed by atoms with Gasteiger partial charge in [0.15, 0.2) is 0 Å². The number of nitrogens with two attached hydrogens (primary N) is 1. The van der Waals surface area contributed by atoms with Gasteiger partial charge in [-0.25, -0.2) is 0 Å². The maximum atomic E-state index is 13.2. The molecule has 30 heavy (non-hydrogen) atoms. The molecule has 0 unspecified atom stereocenters. The van der Waals surface area contributed by atoms with E-state index in [0.29, 0.717) is 20.1 Å². The van der Waals surface area contributed by atoms with Gasteiger partial charge in [0.2, 0.25) is 0 Å². The van der Waals surface area contributed by atoms with Crippen LogP contribution < -0.4 is 11.1 Å². The topological polar surface area (TPSA) is 72.9 Å². The normalized spacial score (nSPS) is 12.8. The second-order valence-corrected chi connectivity index (χ2v) is 8.83. The first-order valence-corrected chi connectivity index (χ1v) is 10.7. The van der Waals surface area contributed by atoms with E-state index in [1.165, 1.54) is 35.7 Å². The number of alkyl halides is 3. The Morgan fingerprint density at radius 2 is 2.10 bits per heavy atom. The molecule has 0 aliphatic rings. The van der Waals surface area contributed by atoms with Crippen LogP contribution in [-0.4, -0.2) is 28.3 Å². The van der Waals surface area contributed by atoms with Gasteiger partial charge in [0.1, 0.15) is 0 Å². The van der Waals surface area contributed by atoms with E-state index >= 15 is 0 Å². The van der Waals surface area contributed by atoms with Crippen molar-refractivity contribution >= 4 is 44.8 Å². The van der Waals surface area contributed by atoms with Crippen molar-refractivity contribution in [2.45, 2.75) is 18.6 Å². The highest BCUT2D eigenvalue weighted by molar-refractivity contribution is 9.10. The van der Waals surface area contributed by atoms with Crippen molar-refractivity contribution in [3.63, 3.8) is 0 Å². The summed E-state index contributed by atoms with van der Waals surface area (Å²) in [5.74, 6) is -0.426. The maximum absolute atomic E-state index is 13.2. The standard InChI is InChI=1S/C19H17BrClF3N4OS/c1-28-16(14(21)9-26-28)17-13(20)7-15(30-17)18(29)27-11(8-25)6-10-4-2-3-5-12(10)19(22,23)24/h2-5,7,9,11H,6,8,25H2,1H3,(H,27,29)/t11-/m0/s1. The lowest BCUT2D eigenvalue weighted by Gasteiger charge is -2.19. The van der Waals surface area contributed by atoms with Gasteiger partial charge in [-0.1, -0.05) is 29.8 Å². The minimum atomic E-state index is -4.48. The van der Waals surface area contributed by atoms with Crippen molar-refractivity contribution in [2.75, 3.05) is 6.54 Å². The molecule has 11 heteroatoms. The molecule has 0 saturated heterocycles. The van der Waals surface area contributed by atoms with E-state index in [1.807, 2.05) is 0 Å². The Bertz CT molecular complexity index is 1050. The van der Waals surface area contributed by atoms with Crippen LogP contribution >= 0.6 is 38.9 Å². The van der Waals surface area contributed by atoms with E-state index in [2.05, 4.69) is 26.3 Å². The van der Waals surface area contributed by atoms with Crippen LogP contribution in [0.4, 0.5) is 13.2 Å². The Hall–Kier alpha value is -1.88. The number of halogens is 5. The molecular formula is C19H17BrClF3N4OS. The van der Waals surface area contributed by atoms with Crippen molar-refractivity contribution in [3.05, 3.63) is 62.0 Å². The molecule has 160 valence electrons. The summed E-state index contributed by atoms with van der Waals surface area (Å²) in [5, 5.41) is 7.25. The van der Waals surface area contributed by atoms with E-state index in [1.54, 1.807) is 17.8 Å². The Morgan fingerprint density at radius 1 is 1.40 bits per heavy atom. The van der Waals surface area contributed by atoms with Gasteiger partial charge in [0.05, 0.1) is 32.2 Å². The molecule has 0 bridgehead atoms. The molecule has 1 amide bonds. The molecule has 3 N–H and O–H groups in total. The number of aryl methyl sites for hydroxylation is 1. The molecule has 1 atom stereocenters. The summed E-state index contributed by atoms with van der Waals surface area (Å²) in [6.45, 7) is -0.00904. The van der Waals surface area contributed by atoms with Crippen LogP contribution in [0.15, 0.2) is 41.0 Å². The SMILES string of the molecule is Cn1ncc(Cl)c1-c1sc(C(=O)N[C@H](CN)Cc2ccccc2C(F)(F)F)cc1Br. The number of carbonyl (C=O) groups excluding carboxylic acids is 1. The Balaban J connectivity index is 1.80. The van der Waals surface area contributed by atoms with Crippen LogP contribution in [0.3, 0.4) is 0 Å². The van der Waals surface area contributed by atoms with E-state index < -0.39 is 23.7 Å². The van der Waals surface area contributed by atoms with Crippen LogP contribution in [-0.2, 0) is 19.6 Å². The summed E-state index contributed by atoms with van der Waals surface area (Å²) >= 11 is 10.8. The first kappa shape index (κ1) is 22.8. The number of hydrogen-bond donors (Lipinski definition) is 2. The number of nitrogens with zero attached hydrogens (tertiary/aromatic N) is 2. The van der Waals surface area contributed by atoms with E-state index in [-0.39, 0.29) is 18.5 Å². The number of rotatable bonds is 6. The zero-order chi connectivity index (χ0) is 22.1. The Morgan fingerprint density at radius 3 is 2.70 bits per heavy atom. The lowest BCUT2D eigenvalue weighted by atomic mass is 9.99. The van der Waals surface area contributed by atoms with Gasteiger partial charge in [-0.2, -0.15) is 18.3 Å². The van der Waals surface area contributed by atoms with E-state index in [4.69, 9.17) is 17.3 Å². The molecule has 3 aromatic rings. The molecule has 0 saturated carbocycles. The lowest BCUT2D eigenvalue weighted by molar-refractivity contribution is -0.138. The predicted molar refractivity (Wildman–Crippen MR) is 115 cm³/mol. The van der Waals surface area contributed by atoms with Crippen molar-refractivity contribution in [2.24, 2.45) is 12.8 Å². The monoisotopic (exact) mass is 520 g/mol. The second kappa shape index (κ2) is 9.09. The Kier molecular flexibility index (Phi) is 6.91. The maximum Gasteiger partial charge on any atom is 0.416 e. The molecular weight excluding hydrogens is 505 g/mol. The first-order valence-electron chi connectivity index (χ1n) is 8.75. The minimum Gasteiger partial charge on any atom is -0.347 e. The van der Waals surface area contributed by atoms with Crippen molar-refractivity contribution < 1.29 is 18.0 Å². The highest BCUT2D eigenvalue weighted by Gasteiger charge is 2.33. The minimum absolute atomic E-state index is 0.00904. The van der Waals surface area contributed by atoms with Crippen LogP contribution in [0.5, 0.6) is 0 Å². The number of aromatic nitrogens is 2. The molecule has 2 aromatic heterocycles. The molecule has 0 aliphatic carbocycles. The number of benzene rings is 1. The van der Waals surface area contributed by atoms with Gasteiger partial charge in [0.25, 0.3) is 5.91 Å². The average molecular weight is 522 g/mol. The fourth-order valence-electron chi connectivity index (χ4n) is 3.00. The molecule has 2 heterocycles. The molecule has 3 rings (SSSR count). The van der Waals surface area contributed by atoms with Crippen molar-refractivity contribution in [1.82, 2.24) is 15.1 Å². The van der Waals surface area contributed by atoms with Crippen LogP contribution in [0.1, 0.15) is 20.8 Å². The Labute approximate surface area is 188 Å². The van der Waals surface area contributed by atoms with Crippen LogP contribution in [0, 0.1) is 0 Å². The van der Waals surface area contributed by atoms with E-state index in [0.717, 1.165) is 10.9 Å². The number of hydrogen-bond acceptors (Lipinski definition) is 4. The second-order valence-electron chi connectivity index (χ2n) is 6.52. The van der Waals surface area contributed by atoms with Gasteiger partial charge in [-0.05, 0) is 40.0 Å². The predicted octanol–water partition coefficient (Wildman–Crippen LogP) is 4.88. The fraction of sp³-hybridized carbons (Fsp3) is 0.263. The quantitative estimate of drug-likeness (QED) is 0.485. The zero-order valence-corrected chi connectivity index (χ0v) is 18.8. The number of carbonyl (C=O) groups is 1. The molecule has 0 aliphatic heterocycles. The zero-order valence-electron chi connectivity index (χ0n) is 15.6. The summed E-state index contributed by atoms with van der Waals surface area (Å²) in [5.41, 5.74) is 5.73. The summed E-state index contributed by atoms with van der Waals surface area (Å²) in [4.78, 5) is 13.8. The smallest absolute Gasteiger partial charge is 0.347 e. The van der Waals surface area contributed by atoms with Crippen LogP contribution in [0.2, 0.25) is 5.02 Å². The number of nitrogens with one attached hydrogen (secondary N) is 1. The highest BCUT2D eigenvalue weighted by Crippen LogP contribution is 2.39. The molecule has 0 spiro atoms. The third kappa shape index (κ3) is 4.88. The number of amides is 1. The van der Waals surface area contributed by atoms with Crippen LogP contribution in [0.25, 0.3) is 10.6 Å². The number of thiophene rings is 1. The summed E-state index contributed by atoms with van der Waals surface area (Å²) in [6.07, 6.45) is -3.01. The van der Waals surface area contributed by atoms with Crippen molar-refractivity contribution in [1.29, 1.82) is 0 Å². The third-order valence-corrected chi connectivity index (χ3v) is 6.73. The average Bonchev–Trinajstić information content (AvgIpc) is 3.22. The van der Waals surface area contributed by atoms with Crippen molar-refractivity contribution in [3.8, 4) is 10.6 Å². The van der Waals surface area contributed by atoms with Gasteiger partial charge in [0, 0.05) is 24.1 Å².